The highest BCUT2D eigenvalue weighted by molar-refractivity contribution is 7.98. The summed E-state index contributed by atoms with van der Waals surface area (Å²) in [6.07, 6.45) is 2.88. The molecule has 3 unspecified atom stereocenters. The Hall–Kier alpha value is -2.23. The van der Waals surface area contributed by atoms with E-state index in [1.165, 1.54) is 11.8 Å². The zero-order valence-corrected chi connectivity index (χ0v) is 18.4. The molecule has 3 atom stereocenters. The lowest BCUT2D eigenvalue weighted by Gasteiger charge is -2.26. The number of carbonyl (C=O) groups is 4. The fourth-order valence-electron chi connectivity index (χ4n) is 3.00. The number of rotatable bonds is 13. The summed E-state index contributed by atoms with van der Waals surface area (Å²) in [5.74, 6) is -1.32. The Morgan fingerprint density at radius 1 is 1.13 bits per heavy atom. The van der Waals surface area contributed by atoms with Crippen LogP contribution in [-0.4, -0.2) is 64.2 Å². The first-order valence-corrected chi connectivity index (χ1v) is 11.1. The van der Waals surface area contributed by atoms with Crippen LogP contribution in [0.25, 0.3) is 0 Å². The van der Waals surface area contributed by atoms with E-state index in [9.17, 15) is 24.3 Å². The molecule has 2 amide bonds. The van der Waals surface area contributed by atoms with Gasteiger partial charge in [0, 0.05) is 12.0 Å². The van der Waals surface area contributed by atoms with E-state index in [2.05, 4.69) is 0 Å². The predicted molar refractivity (Wildman–Crippen MR) is 117 cm³/mol. The minimum absolute atomic E-state index is 0.0957. The van der Waals surface area contributed by atoms with Gasteiger partial charge in [0.2, 0.25) is 12.3 Å². The van der Waals surface area contributed by atoms with Crippen molar-refractivity contribution in [3.8, 4) is 0 Å². The smallest absolute Gasteiger partial charge is 0.327 e. The number of benzene rings is 1. The van der Waals surface area contributed by atoms with E-state index in [1.807, 2.05) is 20.1 Å². The first-order valence-electron chi connectivity index (χ1n) is 9.75. The van der Waals surface area contributed by atoms with Crippen molar-refractivity contribution in [1.29, 1.82) is 0 Å². The average molecular weight is 438 g/mol. The number of nitrogens with two attached hydrogens (primary N) is 2. The molecule has 0 aromatic heterocycles. The molecule has 0 aliphatic heterocycles. The van der Waals surface area contributed by atoms with Gasteiger partial charge in [-0.2, -0.15) is 11.8 Å². The number of carboxylic acids is 1. The van der Waals surface area contributed by atoms with E-state index in [4.69, 9.17) is 11.5 Å². The fraction of sp³-hybridized carbons (Fsp3) is 0.524. The quantitative estimate of drug-likeness (QED) is 0.309. The molecule has 1 rings (SSSR count). The predicted octanol–water partition coefficient (Wildman–Crippen LogP) is 1.30. The maximum Gasteiger partial charge on any atom is 0.327 e. The monoisotopic (exact) mass is 437 g/mol. The number of Topliss-reactive ketones (excluding diaryl/α,β-unsaturated/α-hetero) is 1. The second kappa shape index (κ2) is 12.5. The van der Waals surface area contributed by atoms with Crippen molar-refractivity contribution in [2.24, 2.45) is 17.4 Å². The first-order chi connectivity index (χ1) is 14.1. The Bertz CT molecular complexity index is 739. The number of hydrogen-bond donors (Lipinski definition) is 3. The lowest BCUT2D eigenvalue weighted by molar-refractivity contribution is -0.154. The van der Waals surface area contributed by atoms with Crippen molar-refractivity contribution in [1.82, 2.24) is 4.90 Å². The molecule has 0 saturated heterocycles. The molecule has 0 saturated carbocycles. The number of hydrogen-bond acceptors (Lipinski definition) is 7. The molecule has 0 radical (unpaired) electrons. The Kier molecular flexibility index (Phi) is 10.7. The van der Waals surface area contributed by atoms with Crippen LogP contribution in [0.1, 0.15) is 42.6 Å². The van der Waals surface area contributed by atoms with Crippen molar-refractivity contribution >= 4 is 35.8 Å². The van der Waals surface area contributed by atoms with E-state index in [-0.39, 0.29) is 24.5 Å². The molecule has 0 spiro atoms. The number of aliphatic carboxylic acids is 1. The van der Waals surface area contributed by atoms with Gasteiger partial charge in [-0.3, -0.25) is 19.3 Å². The van der Waals surface area contributed by atoms with Crippen LogP contribution in [0.5, 0.6) is 0 Å². The van der Waals surface area contributed by atoms with E-state index < -0.39 is 30.0 Å². The third kappa shape index (κ3) is 7.55. The van der Waals surface area contributed by atoms with Crippen LogP contribution in [0.15, 0.2) is 24.3 Å². The van der Waals surface area contributed by atoms with E-state index in [1.54, 1.807) is 24.3 Å². The topological polar surface area (TPSA) is 144 Å². The summed E-state index contributed by atoms with van der Waals surface area (Å²) >= 11 is 1.50. The summed E-state index contributed by atoms with van der Waals surface area (Å²) in [5.41, 5.74) is 12.8. The molecule has 1 aromatic carbocycles. The maximum atomic E-state index is 12.5. The van der Waals surface area contributed by atoms with Crippen molar-refractivity contribution in [2.75, 3.05) is 12.0 Å². The molecule has 8 nitrogen and oxygen atoms in total. The molecule has 0 bridgehead atoms. The lowest BCUT2D eigenvalue weighted by Crippen LogP contribution is -2.51. The van der Waals surface area contributed by atoms with Gasteiger partial charge in [0.1, 0.15) is 6.04 Å². The van der Waals surface area contributed by atoms with E-state index in [0.717, 1.165) is 0 Å². The molecule has 166 valence electrons. The molecule has 0 aliphatic carbocycles. The van der Waals surface area contributed by atoms with Crippen LogP contribution in [-0.2, 0) is 20.8 Å². The third-order valence-corrected chi connectivity index (χ3v) is 5.31. The van der Waals surface area contributed by atoms with Gasteiger partial charge >= 0.3 is 5.97 Å². The summed E-state index contributed by atoms with van der Waals surface area (Å²) < 4.78 is 0. The molecule has 30 heavy (non-hydrogen) atoms. The highest BCUT2D eigenvalue weighted by atomic mass is 32.2. The standard InChI is InChI=1S/C21H31N3O5S/c1-13(2)10-17(23)19(26)15-6-4-14(5-7-15)11-18(21(28)29)24(12-25)20(27)16(22)8-9-30-3/h4-7,12-13,16-18H,8-11,22-23H2,1-3H3,(H,28,29). The number of ketones is 1. The van der Waals surface area contributed by atoms with Crippen LogP contribution >= 0.6 is 11.8 Å². The van der Waals surface area contributed by atoms with Gasteiger partial charge in [-0.15, -0.1) is 0 Å². The molecule has 1 aromatic rings. The third-order valence-electron chi connectivity index (χ3n) is 4.67. The molecule has 0 heterocycles. The summed E-state index contributed by atoms with van der Waals surface area (Å²) in [7, 11) is 0. The number of amides is 2. The largest absolute Gasteiger partial charge is 0.480 e. The Balaban J connectivity index is 2.95. The van der Waals surface area contributed by atoms with Gasteiger partial charge < -0.3 is 16.6 Å². The number of thioether (sulfide) groups is 1. The van der Waals surface area contributed by atoms with Gasteiger partial charge in [0.25, 0.3) is 0 Å². The normalized spacial score (nSPS) is 14.1. The number of carbonyl (C=O) groups excluding carboxylic acids is 3. The van der Waals surface area contributed by atoms with Crippen LogP contribution in [0.2, 0.25) is 0 Å². The van der Waals surface area contributed by atoms with Crippen molar-refractivity contribution in [3.63, 3.8) is 0 Å². The first kappa shape index (κ1) is 25.8. The Labute approximate surface area is 181 Å². The molecule has 0 aliphatic rings. The van der Waals surface area contributed by atoms with Gasteiger partial charge in [-0.05, 0) is 36.3 Å². The minimum Gasteiger partial charge on any atom is -0.480 e. The average Bonchev–Trinajstić information content (AvgIpc) is 2.70. The van der Waals surface area contributed by atoms with Crippen molar-refractivity contribution < 1.29 is 24.3 Å². The van der Waals surface area contributed by atoms with E-state index >= 15 is 0 Å². The minimum atomic E-state index is -1.39. The highest BCUT2D eigenvalue weighted by Gasteiger charge is 2.32. The molecule has 5 N–H and O–H groups in total. The van der Waals surface area contributed by atoms with Gasteiger partial charge in [0.05, 0.1) is 12.1 Å². The van der Waals surface area contributed by atoms with Crippen LogP contribution in [0.3, 0.4) is 0 Å². The number of nitrogens with zero attached hydrogens (tertiary/aromatic N) is 1. The Morgan fingerprint density at radius 2 is 1.73 bits per heavy atom. The maximum absolute atomic E-state index is 12.5. The van der Waals surface area contributed by atoms with Crippen LogP contribution in [0, 0.1) is 5.92 Å². The molecular weight excluding hydrogens is 406 g/mol. The second-order valence-corrected chi connectivity index (χ2v) is 8.58. The Morgan fingerprint density at radius 3 is 2.20 bits per heavy atom. The molecule has 0 fully saturated rings. The summed E-state index contributed by atoms with van der Waals surface area (Å²) in [6.45, 7) is 3.96. The summed E-state index contributed by atoms with van der Waals surface area (Å²) in [4.78, 5) is 48.7. The lowest BCUT2D eigenvalue weighted by atomic mass is 9.95. The summed E-state index contributed by atoms with van der Waals surface area (Å²) in [5, 5.41) is 9.57. The molecule has 9 heteroatoms. The summed E-state index contributed by atoms with van der Waals surface area (Å²) in [6, 6.07) is 3.42. The fourth-order valence-corrected chi connectivity index (χ4v) is 3.49. The number of imide groups is 1. The second-order valence-electron chi connectivity index (χ2n) is 7.59. The highest BCUT2D eigenvalue weighted by Crippen LogP contribution is 2.15. The van der Waals surface area contributed by atoms with E-state index in [0.29, 0.717) is 34.6 Å². The van der Waals surface area contributed by atoms with Gasteiger partial charge in [-0.1, -0.05) is 38.1 Å². The van der Waals surface area contributed by atoms with Crippen molar-refractivity contribution in [2.45, 2.75) is 51.2 Å². The zero-order chi connectivity index (χ0) is 22.8. The molecular formula is C21H31N3O5S. The van der Waals surface area contributed by atoms with Crippen LogP contribution < -0.4 is 11.5 Å². The van der Waals surface area contributed by atoms with Gasteiger partial charge in [0.15, 0.2) is 5.78 Å². The van der Waals surface area contributed by atoms with Crippen LogP contribution in [0.4, 0.5) is 0 Å². The van der Waals surface area contributed by atoms with Crippen molar-refractivity contribution in [3.05, 3.63) is 35.4 Å². The zero-order valence-electron chi connectivity index (χ0n) is 17.6. The van der Waals surface area contributed by atoms with Gasteiger partial charge in [-0.25, -0.2) is 4.79 Å². The SMILES string of the molecule is CSCCC(N)C(=O)N(C=O)C(Cc1ccc(C(=O)C(N)CC(C)C)cc1)C(=O)O. The number of carboxylic acid groups (broad SMARTS) is 1.